The van der Waals surface area contributed by atoms with Crippen molar-refractivity contribution in [3.05, 3.63) is 65.2 Å². The first-order valence-corrected chi connectivity index (χ1v) is 10.6. The SMILES string of the molecule is CC(C)(CNC(=O)C1CC(=O)N(c2ccc(F)cc2F)C1)N1CCc2ccccc2C1. The van der Waals surface area contributed by atoms with Crippen molar-refractivity contribution in [3.8, 4) is 0 Å². The summed E-state index contributed by atoms with van der Waals surface area (Å²) in [5, 5.41) is 2.99. The molecule has 7 heteroatoms. The molecule has 0 spiro atoms. The summed E-state index contributed by atoms with van der Waals surface area (Å²) in [6.45, 7) is 6.48. The summed E-state index contributed by atoms with van der Waals surface area (Å²) in [7, 11) is 0. The van der Waals surface area contributed by atoms with Crippen LogP contribution in [0.1, 0.15) is 31.4 Å². The van der Waals surface area contributed by atoms with Crippen LogP contribution in [0.15, 0.2) is 42.5 Å². The number of carbonyl (C=O) groups is 2. The zero-order valence-electron chi connectivity index (χ0n) is 17.8. The molecule has 31 heavy (non-hydrogen) atoms. The van der Waals surface area contributed by atoms with Crippen LogP contribution in [0, 0.1) is 17.6 Å². The molecule has 1 fully saturated rings. The minimum Gasteiger partial charge on any atom is -0.354 e. The van der Waals surface area contributed by atoms with Crippen LogP contribution in [0.5, 0.6) is 0 Å². The van der Waals surface area contributed by atoms with E-state index in [0.717, 1.165) is 31.6 Å². The maximum Gasteiger partial charge on any atom is 0.227 e. The lowest BCUT2D eigenvalue weighted by Gasteiger charge is -2.41. The second-order valence-corrected chi connectivity index (χ2v) is 8.97. The molecule has 1 N–H and O–H groups in total. The first-order valence-electron chi connectivity index (χ1n) is 10.6. The molecular formula is C24H27F2N3O2. The molecule has 0 aromatic heterocycles. The van der Waals surface area contributed by atoms with Crippen molar-refractivity contribution in [2.45, 2.75) is 38.8 Å². The highest BCUT2D eigenvalue weighted by Crippen LogP contribution is 2.29. The van der Waals surface area contributed by atoms with E-state index in [1.54, 1.807) is 0 Å². The molecule has 2 heterocycles. The van der Waals surface area contributed by atoms with Crippen LogP contribution in [-0.4, -0.2) is 41.9 Å². The second kappa shape index (κ2) is 8.38. The number of fused-ring (bicyclic) bond motifs is 1. The van der Waals surface area contributed by atoms with E-state index in [1.165, 1.54) is 22.1 Å². The Labute approximate surface area is 181 Å². The standard InChI is InChI=1S/C24H27F2N3O2/c1-24(2,28-10-9-16-5-3-4-6-17(16)13-28)15-27-23(31)18-11-22(30)29(14-18)21-8-7-19(25)12-20(21)26/h3-8,12,18H,9-11,13-15H2,1-2H3,(H,27,31). The fourth-order valence-corrected chi connectivity index (χ4v) is 4.39. The van der Waals surface area contributed by atoms with Crippen molar-refractivity contribution in [3.63, 3.8) is 0 Å². The van der Waals surface area contributed by atoms with E-state index < -0.39 is 17.6 Å². The summed E-state index contributed by atoms with van der Waals surface area (Å²) in [6.07, 6.45) is 0.989. The lowest BCUT2D eigenvalue weighted by molar-refractivity contribution is -0.126. The average molecular weight is 427 g/mol. The van der Waals surface area contributed by atoms with E-state index in [0.29, 0.717) is 6.54 Å². The molecule has 2 amide bonds. The topological polar surface area (TPSA) is 52.7 Å². The highest BCUT2D eigenvalue weighted by atomic mass is 19.1. The first-order chi connectivity index (χ1) is 14.7. The van der Waals surface area contributed by atoms with Crippen LogP contribution in [-0.2, 0) is 22.6 Å². The summed E-state index contributed by atoms with van der Waals surface area (Å²) in [5.41, 5.74) is 2.44. The molecule has 0 bridgehead atoms. The normalized spacial score (nSPS) is 19.4. The van der Waals surface area contributed by atoms with E-state index in [1.807, 2.05) is 6.07 Å². The van der Waals surface area contributed by atoms with Gasteiger partial charge in [-0.3, -0.25) is 14.5 Å². The fourth-order valence-electron chi connectivity index (χ4n) is 4.39. The number of nitrogens with zero attached hydrogens (tertiary/aromatic N) is 2. The van der Waals surface area contributed by atoms with Gasteiger partial charge in [0.25, 0.3) is 0 Å². The molecule has 4 rings (SSSR count). The monoisotopic (exact) mass is 427 g/mol. The Bertz CT molecular complexity index is 1010. The van der Waals surface area contributed by atoms with E-state index >= 15 is 0 Å². The number of hydrogen-bond acceptors (Lipinski definition) is 3. The van der Waals surface area contributed by atoms with Crippen molar-refractivity contribution >= 4 is 17.5 Å². The number of halogens is 2. The average Bonchev–Trinajstić information content (AvgIpc) is 3.13. The van der Waals surface area contributed by atoms with Crippen LogP contribution in [0.4, 0.5) is 14.5 Å². The highest BCUT2D eigenvalue weighted by Gasteiger charge is 2.37. The Morgan fingerprint density at radius 1 is 1.16 bits per heavy atom. The maximum atomic E-state index is 14.1. The van der Waals surface area contributed by atoms with Crippen LogP contribution in [0.3, 0.4) is 0 Å². The van der Waals surface area contributed by atoms with Crippen LogP contribution < -0.4 is 10.2 Å². The minimum absolute atomic E-state index is 0.00834. The van der Waals surface area contributed by atoms with Gasteiger partial charge in [0.15, 0.2) is 0 Å². The van der Waals surface area contributed by atoms with Crippen LogP contribution >= 0.6 is 0 Å². The van der Waals surface area contributed by atoms with Gasteiger partial charge in [0.05, 0.1) is 11.6 Å². The Kier molecular flexibility index (Phi) is 5.79. The molecule has 164 valence electrons. The van der Waals surface area contributed by atoms with Crippen molar-refractivity contribution in [2.75, 3.05) is 24.5 Å². The zero-order chi connectivity index (χ0) is 22.2. The molecule has 1 atom stereocenters. The van der Waals surface area contributed by atoms with E-state index in [-0.39, 0.29) is 36.0 Å². The minimum atomic E-state index is -0.805. The predicted octanol–water partition coefficient (Wildman–Crippen LogP) is 3.27. The Morgan fingerprint density at radius 2 is 1.90 bits per heavy atom. The van der Waals surface area contributed by atoms with Gasteiger partial charge in [-0.1, -0.05) is 24.3 Å². The Hall–Kier alpha value is -2.80. The summed E-state index contributed by atoms with van der Waals surface area (Å²) < 4.78 is 27.3. The van der Waals surface area contributed by atoms with Gasteiger partial charge in [-0.2, -0.15) is 0 Å². The van der Waals surface area contributed by atoms with Crippen LogP contribution in [0.25, 0.3) is 0 Å². The Balaban J connectivity index is 1.36. The van der Waals surface area contributed by atoms with Crippen molar-refractivity contribution < 1.29 is 18.4 Å². The summed E-state index contributed by atoms with van der Waals surface area (Å²) >= 11 is 0. The highest BCUT2D eigenvalue weighted by molar-refractivity contribution is 6.00. The van der Waals surface area contributed by atoms with Gasteiger partial charge in [0.1, 0.15) is 11.6 Å². The molecule has 2 aliphatic rings. The number of amides is 2. The Morgan fingerprint density at radius 3 is 2.65 bits per heavy atom. The smallest absolute Gasteiger partial charge is 0.227 e. The third-order valence-corrected chi connectivity index (χ3v) is 6.38. The fraction of sp³-hybridized carbons (Fsp3) is 0.417. The quantitative estimate of drug-likeness (QED) is 0.797. The maximum absolute atomic E-state index is 14.1. The molecule has 1 unspecified atom stereocenters. The molecule has 5 nitrogen and oxygen atoms in total. The third kappa shape index (κ3) is 4.46. The second-order valence-electron chi connectivity index (χ2n) is 8.97. The van der Waals surface area contributed by atoms with Gasteiger partial charge >= 0.3 is 0 Å². The molecular weight excluding hydrogens is 400 g/mol. The van der Waals surface area contributed by atoms with Crippen molar-refractivity contribution in [1.82, 2.24) is 10.2 Å². The first kappa shape index (κ1) is 21.4. The van der Waals surface area contributed by atoms with Crippen molar-refractivity contribution in [2.24, 2.45) is 5.92 Å². The number of hydrogen-bond donors (Lipinski definition) is 1. The van der Waals surface area contributed by atoms with Gasteiger partial charge in [-0.05, 0) is 43.5 Å². The zero-order valence-corrected chi connectivity index (χ0v) is 17.8. The lowest BCUT2D eigenvalue weighted by atomic mass is 9.94. The molecule has 0 radical (unpaired) electrons. The molecule has 0 saturated carbocycles. The van der Waals surface area contributed by atoms with Gasteiger partial charge in [0.2, 0.25) is 11.8 Å². The van der Waals surface area contributed by atoms with Crippen molar-refractivity contribution in [1.29, 1.82) is 0 Å². The van der Waals surface area contributed by atoms with Gasteiger partial charge in [-0.25, -0.2) is 8.78 Å². The molecule has 1 saturated heterocycles. The van der Waals surface area contributed by atoms with E-state index in [9.17, 15) is 18.4 Å². The third-order valence-electron chi connectivity index (χ3n) is 6.38. The summed E-state index contributed by atoms with van der Waals surface area (Å²) in [4.78, 5) is 28.7. The number of anilines is 1. The number of rotatable bonds is 5. The van der Waals surface area contributed by atoms with Gasteiger partial charge < -0.3 is 10.2 Å². The molecule has 2 aromatic carbocycles. The predicted molar refractivity (Wildman–Crippen MR) is 114 cm³/mol. The van der Waals surface area contributed by atoms with E-state index in [2.05, 4.69) is 42.3 Å². The van der Waals surface area contributed by atoms with Gasteiger partial charge in [0, 0.05) is 44.2 Å². The summed E-state index contributed by atoms with van der Waals surface area (Å²) in [6, 6.07) is 11.5. The van der Waals surface area contributed by atoms with E-state index in [4.69, 9.17) is 0 Å². The summed E-state index contributed by atoms with van der Waals surface area (Å²) in [5.74, 6) is -2.62. The van der Waals surface area contributed by atoms with Crippen LogP contribution in [0.2, 0.25) is 0 Å². The number of carbonyl (C=O) groups excluding carboxylic acids is 2. The molecule has 0 aliphatic carbocycles. The van der Waals surface area contributed by atoms with Gasteiger partial charge in [-0.15, -0.1) is 0 Å². The molecule has 2 aromatic rings. The number of benzene rings is 2. The number of nitrogens with one attached hydrogen (secondary N) is 1. The lowest BCUT2D eigenvalue weighted by Crippen LogP contribution is -2.53. The largest absolute Gasteiger partial charge is 0.354 e. The molecule has 2 aliphatic heterocycles.